The summed E-state index contributed by atoms with van der Waals surface area (Å²) in [6.07, 6.45) is 5.67. The Hall–Kier alpha value is -7.04. The van der Waals surface area contributed by atoms with E-state index in [9.17, 15) is 0 Å². The predicted molar refractivity (Wildman–Crippen MR) is 229 cm³/mol. The molecule has 0 amide bonds. The van der Waals surface area contributed by atoms with Crippen molar-refractivity contribution in [3.05, 3.63) is 163 Å². The van der Waals surface area contributed by atoms with Crippen LogP contribution in [-0.4, -0.2) is 9.13 Å². The highest BCUT2D eigenvalue weighted by Gasteiger charge is 2.24. The number of nitrogens with zero attached hydrogens (tertiary/aromatic N) is 2. The number of aromatic nitrogens is 2. The molecule has 0 fully saturated rings. The Kier molecular flexibility index (Phi) is 5.64. The quantitative estimate of drug-likeness (QED) is 0.180. The van der Waals surface area contributed by atoms with E-state index in [1.54, 1.807) is 0 Å². The summed E-state index contributed by atoms with van der Waals surface area (Å²) in [5.74, 6) is 0.442. The Morgan fingerprint density at radius 1 is 0.436 bits per heavy atom. The Balaban J connectivity index is 0.948. The zero-order valence-electron chi connectivity index (χ0n) is 30.0. The minimum Gasteiger partial charge on any atom is -0.456 e. The van der Waals surface area contributed by atoms with Crippen molar-refractivity contribution in [1.29, 1.82) is 0 Å². The van der Waals surface area contributed by atoms with Crippen LogP contribution in [0.4, 0.5) is 0 Å². The number of hydrogen-bond acceptors (Lipinski definition) is 2. The molecule has 4 heterocycles. The molecule has 0 bridgehead atoms. The first kappa shape index (κ1) is 29.4. The van der Waals surface area contributed by atoms with Gasteiger partial charge in [-0.25, -0.2) is 0 Å². The predicted octanol–water partition coefficient (Wildman–Crippen LogP) is 14.4. The van der Waals surface area contributed by atoms with Gasteiger partial charge in [0.2, 0.25) is 0 Å². The topological polar surface area (TPSA) is 36.1 Å². The lowest BCUT2D eigenvalue weighted by atomic mass is 9.93. The third kappa shape index (κ3) is 4.00. The summed E-state index contributed by atoms with van der Waals surface area (Å²) in [6, 6.07) is 53.0. The number of allylic oxidation sites excluding steroid dienone is 1. The molecule has 0 saturated heterocycles. The zero-order chi connectivity index (χ0) is 35.9. The number of furan rings is 2. The molecular weight excluding hydrogens is 673 g/mol. The molecule has 13 rings (SSSR count). The second kappa shape index (κ2) is 10.6. The van der Waals surface area contributed by atoms with Crippen LogP contribution >= 0.6 is 0 Å². The lowest BCUT2D eigenvalue weighted by molar-refractivity contribution is 0.656. The zero-order valence-corrected chi connectivity index (χ0v) is 30.0. The van der Waals surface area contributed by atoms with Crippen LogP contribution in [0.1, 0.15) is 30.5 Å². The Labute approximate surface area is 314 Å². The molecule has 8 aromatic carbocycles. The summed E-state index contributed by atoms with van der Waals surface area (Å²) < 4.78 is 18.0. The highest BCUT2D eigenvalue weighted by atomic mass is 16.3. The van der Waals surface area contributed by atoms with Gasteiger partial charge in [-0.2, -0.15) is 0 Å². The van der Waals surface area contributed by atoms with Crippen molar-refractivity contribution in [2.45, 2.75) is 19.3 Å². The van der Waals surface area contributed by atoms with Gasteiger partial charge in [0.05, 0.1) is 16.6 Å². The maximum absolute atomic E-state index is 6.60. The molecule has 1 unspecified atom stereocenters. The van der Waals surface area contributed by atoms with Gasteiger partial charge in [0.15, 0.2) is 0 Å². The Bertz CT molecular complexity index is 3610. The van der Waals surface area contributed by atoms with Crippen LogP contribution in [0.2, 0.25) is 0 Å². The molecule has 0 spiro atoms. The van der Waals surface area contributed by atoms with Gasteiger partial charge in [0, 0.05) is 72.3 Å². The Morgan fingerprint density at radius 2 is 0.927 bits per heavy atom. The monoisotopic (exact) mass is 704 g/mol. The van der Waals surface area contributed by atoms with E-state index in [2.05, 4.69) is 174 Å². The number of fused-ring (bicyclic) bond motifs is 14. The first-order valence-corrected chi connectivity index (χ1v) is 19.1. The second-order valence-electron chi connectivity index (χ2n) is 15.4. The van der Waals surface area contributed by atoms with E-state index in [0.29, 0.717) is 5.92 Å². The van der Waals surface area contributed by atoms with E-state index < -0.39 is 0 Å². The van der Waals surface area contributed by atoms with Crippen LogP contribution in [0.3, 0.4) is 0 Å². The van der Waals surface area contributed by atoms with Crippen molar-refractivity contribution < 1.29 is 8.83 Å². The molecule has 1 aliphatic rings. The normalized spacial score (nSPS) is 14.7. The molecule has 55 heavy (non-hydrogen) atoms. The maximum atomic E-state index is 6.60. The standard InChI is InChI=1S/C51H32N2O2/c1-29-9-8-13-39-38-12-4-7-16-46(38)53(51(29)39)35-20-18-31-24-41-43-27-42-40-23-30-17-19-34(52-44-14-5-2-10-36(44)37-11-3-6-15-45(37)52)21-32(30)25-47(40)54-49(42)28-50(43)55-48(41)26-33(31)22-35/h2-8,10-29H,9H2,1H3. The molecule has 4 aromatic heterocycles. The maximum Gasteiger partial charge on any atom is 0.139 e. The highest BCUT2D eigenvalue weighted by Crippen LogP contribution is 2.42. The second-order valence-corrected chi connectivity index (χ2v) is 15.4. The molecule has 0 saturated carbocycles. The van der Waals surface area contributed by atoms with Crippen molar-refractivity contribution in [3.63, 3.8) is 0 Å². The van der Waals surface area contributed by atoms with Gasteiger partial charge in [-0.05, 0) is 101 Å². The number of para-hydroxylation sites is 3. The fraction of sp³-hybridized carbons (Fsp3) is 0.0588. The summed E-state index contributed by atoms with van der Waals surface area (Å²) in [4.78, 5) is 0. The fourth-order valence-electron chi connectivity index (χ4n) is 9.71. The van der Waals surface area contributed by atoms with Gasteiger partial charge in [-0.3, -0.25) is 0 Å². The van der Waals surface area contributed by atoms with Crippen molar-refractivity contribution in [3.8, 4) is 11.4 Å². The molecule has 4 heteroatoms. The largest absolute Gasteiger partial charge is 0.456 e. The molecule has 1 aliphatic carbocycles. The van der Waals surface area contributed by atoms with Crippen LogP contribution in [0.5, 0.6) is 0 Å². The summed E-state index contributed by atoms with van der Waals surface area (Å²) >= 11 is 0. The van der Waals surface area contributed by atoms with Gasteiger partial charge in [-0.15, -0.1) is 0 Å². The number of rotatable bonds is 2. The summed E-state index contributed by atoms with van der Waals surface area (Å²) in [5.41, 5.74) is 12.1. The van der Waals surface area contributed by atoms with E-state index in [1.165, 1.54) is 60.4 Å². The fourth-order valence-corrected chi connectivity index (χ4v) is 9.71. The van der Waals surface area contributed by atoms with Crippen LogP contribution in [0, 0.1) is 0 Å². The van der Waals surface area contributed by atoms with Gasteiger partial charge < -0.3 is 18.0 Å². The summed E-state index contributed by atoms with van der Waals surface area (Å²) in [7, 11) is 0. The first-order valence-electron chi connectivity index (χ1n) is 19.1. The number of benzene rings is 8. The SMILES string of the molecule is CC1CC=Cc2c1n(-c1ccc3cc4c(cc3c1)oc1cc3oc5cc6cc(-n7c8ccccc8c8ccccc87)ccc6cc5c3cc14)c1ccccc21. The Morgan fingerprint density at radius 3 is 1.53 bits per heavy atom. The van der Waals surface area contributed by atoms with Crippen molar-refractivity contribution in [2.75, 3.05) is 0 Å². The van der Waals surface area contributed by atoms with Crippen molar-refractivity contribution in [2.24, 2.45) is 0 Å². The minimum atomic E-state index is 0.442. The molecule has 12 aromatic rings. The average Bonchev–Trinajstić information content (AvgIpc) is 3.95. The average molecular weight is 705 g/mol. The van der Waals surface area contributed by atoms with Crippen LogP contribution in [0.15, 0.2) is 161 Å². The third-order valence-electron chi connectivity index (χ3n) is 12.2. The van der Waals surface area contributed by atoms with E-state index in [0.717, 1.165) is 66.8 Å². The third-order valence-corrected chi connectivity index (χ3v) is 12.2. The lowest BCUT2D eigenvalue weighted by Gasteiger charge is -2.19. The van der Waals surface area contributed by atoms with Gasteiger partial charge in [0.25, 0.3) is 0 Å². The smallest absolute Gasteiger partial charge is 0.139 e. The molecule has 4 nitrogen and oxygen atoms in total. The molecule has 258 valence electrons. The molecular formula is C51H32N2O2. The molecule has 0 aliphatic heterocycles. The van der Waals surface area contributed by atoms with Crippen LogP contribution < -0.4 is 0 Å². The number of hydrogen-bond donors (Lipinski definition) is 0. The molecule has 0 radical (unpaired) electrons. The molecule has 0 N–H and O–H groups in total. The first-order chi connectivity index (χ1) is 27.1. The van der Waals surface area contributed by atoms with E-state index >= 15 is 0 Å². The van der Waals surface area contributed by atoms with Crippen molar-refractivity contribution in [1.82, 2.24) is 9.13 Å². The summed E-state index contributed by atoms with van der Waals surface area (Å²) in [5, 5.41) is 12.9. The van der Waals surface area contributed by atoms with Gasteiger partial charge in [0.1, 0.15) is 22.3 Å². The van der Waals surface area contributed by atoms with Crippen molar-refractivity contribution >= 4 is 104 Å². The van der Waals surface area contributed by atoms with Crippen LogP contribution in [0.25, 0.3) is 116 Å². The van der Waals surface area contributed by atoms with Gasteiger partial charge >= 0.3 is 0 Å². The molecule has 1 atom stereocenters. The van der Waals surface area contributed by atoms with Crippen LogP contribution in [-0.2, 0) is 0 Å². The summed E-state index contributed by atoms with van der Waals surface area (Å²) in [6.45, 7) is 2.34. The minimum absolute atomic E-state index is 0.442. The van der Waals surface area contributed by atoms with E-state index in [-0.39, 0.29) is 0 Å². The van der Waals surface area contributed by atoms with Gasteiger partial charge in [-0.1, -0.05) is 85.8 Å². The highest BCUT2D eigenvalue weighted by molar-refractivity contribution is 6.18. The lowest BCUT2D eigenvalue weighted by Crippen LogP contribution is -2.06. The van der Waals surface area contributed by atoms with E-state index in [4.69, 9.17) is 8.83 Å². The van der Waals surface area contributed by atoms with E-state index in [1.807, 2.05) is 0 Å².